The molecule has 0 saturated carbocycles. The Bertz CT molecular complexity index is 689. The molecular weight excluding hydrogens is 322 g/mol. The largest absolute Gasteiger partial charge is 1.00 e. The van der Waals surface area contributed by atoms with Crippen molar-refractivity contribution in [2.75, 3.05) is 0 Å². The molecule has 0 atom stereocenters. The van der Waals surface area contributed by atoms with Gasteiger partial charge >= 0.3 is 0 Å². The molecule has 2 nitrogen and oxygen atoms in total. The second-order valence-electron chi connectivity index (χ2n) is 4.10. The summed E-state index contributed by atoms with van der Waals surface area (Å²) in [6.07, 6.45) is 1.95. The third-order valence-electron chi connectivity index (χ3n) is 2.90. The van der Waals surface area contributed by atoms with Crippen LogP contribution in [0.25, 0.3) is 10.9 Å². The number of hydrogen-bond donors (Lipinski definition) is 0. The summed E-state index contributed by atoms with van der Waals surface area (Å²) in [6.45, 7) is 0.391. The van der Waals surface area contributed by atoms with Gasteiger partial charge in [0.1, 0.15) is 0 Å². The number of Topliss-reactive ketones (excluding diaryl/α,β-unsaturated/α-hetero) is 1. The predicted octanol–water partition coefficient (Wildman–Crippen LogP) is 0.0757. The van der Waals surface area contributed by atoms with Crippen molar-refractivity contribution >= 4 is 28.0 Å². The van der Waals surface area contributed by atoms with Gasteiger partial charge in [-0.25, -0.2) is 0 Å². The van der Waals surface area contributed by atoms with E-state index in [1.165, 1.54) is 11.3 Å². The number of nitrogens with zero attached hydrogens (tertiary/aromatic N) is 1. The maximum atomic E-state index is 12.1. The van der Waals surface area contributed by atoms with Crippen molar-refractivity contribution in [2.45, 2.75) is 6.54 Å². The fourth-order valence-electron chi connectivity index (χ4n) is 2.03. The summed E-state index contributed by atoms with van der Waals surface area (Å²) < 4.78 is 2.00. The number of benzene rings is 1. The van der Waals surface area contributed by atoms with Gasteiger partial charge in [-0.05, 0) is 23.6 Å². The van der Waals surface area contributed by atoms with E-state index in [9.17, 15) is 4.79 Å². The van der Waals surface area contributed by atoms with Crippen LogP contribution in [0.1, 0.15) is 9.67 Å². The third-order valence-corrected chi connectivity index (χ3v) is 3.81. The molecule has 19 heavy (non-hydrogen) atoms. The molecule has 0 unspecified atom stereocenters. The molecule has 0 fully saturated rings. The van der Waals surface area contributed by atoms with E-state index in [4.69, 9.17) is 0 Å². The Labute approximate surface area is 126 Å². The van der Waals surface area contributed by atoms with Crippen LogP contribution in [0.4, 0.5) is 0 Å². The molecular formula is C15H12BrNOS. The summed E-state index contributed by atoms with van der Waals surface area (Å²) >= 11 is 1.49. The first-order chi connectivity index (χ1) is 8.84. The topological polar surface area (TPSA) is 20.9 Å². The van der Waals surface area contributed by atoms with Gasteiger partial charge in [0.25, 0.3) is 0 Å². The molecule has 0 aliphatic carbocycles. The fraction of sp³-hybridized carbons (Fsp3) is 0.0667. The number of fused-ring (bicyclic) bond motifs is 1. The second-order valence-corrected chi connectivity index (χ2v) is 5.04. The van der Waals surface area contributed by atoms with Crippen molar-refractivity contribution < 1.29 is 26.3 Å². The summed E-state index contributed by atoms with van der Waals surface area (Å²) in [5.41, 5.74) is 1.09. The Morgan fingerprint density at radius 2 is 1.84 bits per heavy atom. The van der Waals surface area contributed by atoms with Crippen LogP contribution in [-0.4, -0.2) is 5.78 Å². The van der Waals surface area contributed by atoms with Gasteiger partial charge in [-0.2, -0.15) is 4.57 Å². The number of ketones is 1. The molecule has 2 aromatic heterocycles. The fourth-order valence-corrected chi connectivity index (χ4v) is 2.69. The number of thiophene rings is 1. The monoisotopic (exact) mass is 333 g/mol. The molecule has 1 aromatic carbocycles. The van der Waals surface area contributed by atoms with Crippen LogP contribution in [0, 0.1) is 0 Å². The number of halogens is 1. The molecule has 96 valence electrons. The Morgan fingerprint density at radius 1 is 1.05 bits per heavy atom. The summed E-state index contributed by atoms with van der Waals surface area (Å²) in [6, 6.07) is 15.9. The number of pyridine rings is 1. The number of para-hydroxylation sites is 1. The van der Waals surface area contributed by atoms with Gasteiger partial charge in [0.2, 0.25) is 17.8 Å². The molecule has 0 radical (unpaired) electrons. The first-order valence-electron chi connectivity index (χ1n) is 5.78. The lowest BCUT2D eigenvalue weighted by Crippen LogP contribution is -3.00. The molecule has 4 heteroatoms. The molecule has 0 amide bonds. The Hall–Kier alpha value is -1.52. The van der Waals surface area contributed by atoms with E-state index in [1.54, 1.807) is 0 Å². The van der Waals surface area contributed by atoms with Gasteiger partial charge < -0.3 is 17.0 Å². The van der Waals surface area contributed by atoms with E-state index in [0.717, 1.165) is 15.8 Å². The first kappa shape index (κ1) is 13.9. The van der Waals surface area contributed by atoms with Crippen molar-refractivity contribution in [1.82, 2.24) is 0 Å². The lowest BCUT2D eigenvalue weighted by Gasteiger charge is -1.99. The SMILES string of the molecule is O=C(C[n+]1cccc2ccccc21)c1cccs1.[Br-]. The molecule has 2 heterocycles. The van der Waals surface area contributed by atoms with Crippen LogP contribution in [0.2, 0.25) is 0 Å². The molecule has 0 spiro atoms. The van der Waals surface area contributed by atoms with Crippen LogP contribution in [-0.2, 0) is 6.54 Å². The Balaban J connectivity index is 0.00000133. The highest BCUT2D eigenvalue weighted by atomic mass is 79.9. The summed E-state index contributed by atoms with van der Waals surface area (Å²) in [7, 11) is 0. The molecule has 0 aliphatic rings. The van der Waals surface area contributed by atoms with Gasteiger partial charge in [0.15, 0.2) is 6.20 Å². The standard InChI is InChI=1S/C15H12NOS.BrH/c17-14(15-8-4-10-18-15)11-16-9-3-6-12-5-1-2-7-13(12)16;/h1-10H,11H2;1H/q+1;/p-1. The van der Waals surface area contributed by atoms with E-state index in [0.29, 0.717) is 6.54 Å². The van der Waals surface area contributed by atoms with Gasteiger partial charge in [0, 0.05) is 17.5 Å². The quantitative estimate of drug-likeness (QED) is 0.491. The maximum Gasteiger partial charge on any atom is 0.237 e. The summed E-state index contributed by atoms with van der Waals surface area (Å²) in [5.74, 6) is 0.159. The highest BCUT2D eigenvalue weighted by molar-refractivity contribution is 7.12. The van der Waals surface area contributed by atoms with Crippen molar-refractivity contribution in [2.24, 2.45) is 0 Å². The molecule has 0 aliphatic heterocycles. The van der Waals surface area contributed by atoms with E-state index in [-0.39, 0.29) is 22.8 Å². The third kappa shape index (κ3) is 2.91. The van der Waals surface area contributed by atoms with Crippen molar-refractivity contribution in [3.05, 3.63) is 65.0 Å². The summed E-state index contributed by atoms with van der Waals surface area (Å²) in [4.78, 5) is 12.9. The van der Waals surface area contributed by atoms with E-state index in [1.807, 2.05) is 52.5 Å². The first-order valence-corrected chi connectivity index (χ1v) is 6.66. The van der Waals surface area contributed by atoms with Gasteiger partial charge in [0.05, 0.1) is 4.88 Å². The summed E-state index contributed by atoms with van der Waals surface area (Å²) in [5, 5.41) is 3.08. The zero-order valence-corrected chi connectivity index (χ0v) is 12.5. The lowest BCUT2D eigenvalue weighted by atomic mass is 10.2. The van der Waals surface area contributed by atoms with Gasteiger partial charge in [-0.3, -0.25) is 4.79 Å². The number of rotatable bonds is 3. The highest BCUT2D eigenvalue weighted by Gasteiger charge is 2.15. The number of hydrogen-bond acceptors (Lipinski definition) is 2. The van der Waals surface area contributed by atoms with Crippen molar-refractivity contribution in [3.63, 3.8) is 0 Å². The number of carbonyl (C=O) groups is 1. The second kappa shape index (κ2) is 6.08. The lowest BCUT2D eigenvalue weighted by molar-refractivity contribution is -0.657. The van der Waals surface area contributed by atoms with E-state index in [2.05, 4.69) is 12.1 Å². The number of carbonyl (C=O) groups excluding carboxylic acids is 1. The smallest absolute Gasteiger partial charge is 0.237 e. The van der Waals surface area contributed by atoms with Crippen LogP contribution in [0.3, 0.4) is 0 Å². The van der Waals surface area contributed by atoms with Crippen LogP contribution < -0.4 is 21.5 Å². The predicted molar refractivity (Wildman–Crippen MR) is 72.8 cm³/mol. The molecule has 0 bridgehead atoms. The molecule has 3 rings (SSSR count). The zero-order valence-electron chi connectivity index (χ0n) is 10.1. The minimum Gasteiger partial charge on any atom is -1.00 e. The molecule has 0 N–H and O–H groups in total. The average molecular weight is 334 g/mol. The minimum atomic E-state index is 0. The average Bonchev–Trinajstić information content (AvgIpc) is 2.93. The minimum absolute atomic E-state index is 0. The number of aromatic nitrogens is 1. The van der Waals surface area contributed by atoms with Crippen LogP contribution >= 0.6 is 11.3 Å². The zero-order chi connectivity index (χ0) is 12.4. The van der Waals surface area contributed by atoms with Crippen molar-refractivity contribution in [3.8, 4) is 0 Å². The Morgan fingerprint density at radius 3 is 2.63 bits per heavy atom. The van der Waals surface area contributed by atoms with E-state index < -0.39 is 0 Å². The van der Waals surface area contributed by atoms with Gasteiger partial charge in [-0.15, -0.1) is 11.3 Å². The van der Waals surface area contributed by atoms with Crippen molar-refractivity contribution in [1.29, 1.82) is 0 Å². The van der Waals surface area contributed by atoms with Crippen LogP contribution in [0.5, 0.6) is 0 Å². The van der Waals surface area contributed by atoms with Gasteiger partial charge in [-0.1, -0.05) is 18.2 Å². The normalized spacial score (nSPS) is 10.1. The molecule has 0 saturated heterocycles. The van der Waals surface area contributed by atoms with Crippen LogP contribution in [0.15, 0.2) is 60.1 Å². The Kier molecular flexibility index (Phi) is 4.45. The van der Waals surface area contributed by atoms with E-state index >= 15 is 0 Å². The highest BCUT2D eigenvalue weighted by Crippen LogP contribution is 2.11. The maximum absolute atomic E-state index is 12.1. The molecule has 3 aromatic rings.